The van der Waals surface area contributed by atoms with Crippen molar-refractivity contribution in [1.29, 1.82) is 0 Å². The van der Waals surface area contributed by atoms with Gasteiger partial charge in [-0.3, -0.25) is 4.79 Å². The first-order chi connectivity index (χ1) is 12.1. The number of thiophene rings is 1. The zero-order valence-electron chi connectivity index (χ0n) is 14.1. The Balaban J connectivity index is 1.54. The summed E-state index contributed by atoms with van der Waals surface area (Å²) >= 11 is 3.34. The van der Waals surface area contributed by atoms with E-state index in [1.165, 1.54) is 15.8 Å². The fourth-order valence-electron chi connectivity index (χ4n) is 1.94. The van der Waals surface area contributed by atoms with Crippen molar-refractivity contribution in [2.75, 3.05) is 18.9 Å². The second-order valence-corrected chi connectivity index (χ2v) is 7.74. The third kappa shape index (κ3) is 8.05. The predicted octanol–water partition coefficient (Wildman–Crippen LogP) is 3.91. The highest BCUT2D eigenvalue weighted by molar-refractivity contribution is 7.99. The van der Waals surface area contributed by atoms with Gasteiger partial charge in [0.1, 0.15) is 0 Å². The largest absolute Gasteiger partial charge is 0.452 e. The lowest BCUT2D eigenvalue weighted by Crippen LogP contribution is -2.29. The average Bonchev–Trinajstić information content (AvgIpc) is 3.04. The Bertz CT molecular complexity index is 710. The van der Waals surface area contributed by atoms with Crippen LogP contribution in [0.5, 0.6) is 0 Å². The summed E-state index contributed by atoms with van der Waals surface area (Å²) in [6.45, 7) is 2.32. The lowest BCUT2D eigenvalue weighted by Gasteiger charge is -2.05. The van der Waals surface area contributed by atoms with Gasteiger partial charge in [0.15, 0.2) is 6.61 Å². The van der Waals surface area contributed by atoms with Crippen LogP contribution in [0.4, 0.5) is 0 Å². The standard InChI is InChI=1S/C19H21NO3S2/c1-15-8-9-17(25-15)10-11-19(22)23-14-18(21)20-12-5-13-24-16-6-3-2-4-7-16/h2-4,6-11H,5,12-14H2,1H3,(H,20,21)/b11-10+. The zero-order valence-corrected chi connectivity index (χ0v) is 15.7. The van der Waals surface area contributed by atoms with Crippen molar-refractivity contribution in [1.82, 2.24) is 5.32 Å². The summed E-state index contributed by atoms with van der Waals surface area (Å²) in [7, 11) is 0. The quantitative estimate of drug-likeness (QED) is 0.312. The van der Waals surface area contributed by atoms with Crippen molar-refractivity contribution in [2.24, 2.45) is 0 Å². The number of amides is 1. The molecular formula is C19H21NO3S2. The van der Waals surface area contributed by atoms with Gasteiger partial charge in [-0.1, -0.05) is 18.2 Å². The van der Waals surface area contributed by atoms with E-state index in [4.69, 9.17) is 4.74 Å². The smallest absolute Gasteiger partial charge is 0.331 e. The summed E-state index contributed by atoms with van der Waals surface area (Å²) in [5.74, 6) is 0.131. The van der Waals surface area contributed by atoms with Gasteiger partial charge in [-0.2, -0.15) is 0 Å². The Hall–Kier alpha value is -2.05. The molecule has 0 aliphatic rings. The molecule has 4 nitrogen and oxygen atoms in total. The molecule has 1 N–H and O–H groups in total. The number of hydrogen-bond acceptors (Lipinski definition) is 5. The monoisotopic (exact) mass is 375 g/mol. The van der Waals surface area contributed by atoms with Crippen LogP contribution in [0, 0.1) is 6.92 Å². The third-order valence-corrected chi connectivity index (χ3v) is 5.21. The summed E-state index contributed by atoms with van der Waals surface area (Å²) in [4.78, 5) is 26.6. The number of thioether (sulfide) groups is 1. The van der Waals surface area contributed by atoms with Crippen LogP contribution >= 0.6 is 23.1 Å². The van der Waals surface area contributed by atoms with E-state index in [9.17, 15) is 9.59 Å². The Labute approximate surface area is 156 Å². The lowest BCUT2D eigenvalue weighted by molar-refractivity contribution is -0.143. The second kappa shape index (κ2) is 10.7. The maximum atomic E-state index is 11.6. The Morgan fingerprint density at radius 1 is 1.20 bits per heavy atom. The number of esters is 1. The van der Waals surface area contributed by atoms with Crippen LogP contribution in [-0.2, 0) is 14.3 Å². The van der Waals surface area contributed by atoms with Crippen LogP contribution in [0.2, 0.25) is 0 Å². The van der Waals surface area contributed by atoms with Crippen LogP contribution in [0.25, 0.3) is 6.08 Å². The number of carbonyl (C=O) groups excluding carboxylic acids is 2. The number of carbonyl (C=O) groups is 2. The van der Waals surface area contributed by atoms with E-state index in [-0.39, 0.29) is 12.5 Å². The van der Waals surface area contributed by atoms with E-state index in [1.54, 1.807) is 29.2 Å². The number of rotatable bonds is 9. The van der Waals surface area contributed by atoms with Crippen molar-refractivity contribution >= 4 is 41.1 Å². The third-order valence-electron chi connectivity index (χ3n) is 3.15. The SMILES string of the molecule is Cc1ccc(/C=C/C(=O)OCC(=O)NCCCSc2ccccc2)s1. The first-order valence-electron chi connectivity index (χ1n) is 7.99. The fraction of sp³-hybridized carbons (Fsp3) is 0.263. The molecule has 0 aliphatic carbocycles. The number of hydrogen-bond donors (Lipinski definition) is 1. The normalized spacial score (nSPS) is 10.8. The Morgan fingerprint density at radius 2 is 2.00 bits per heavy atom. The number of ether oxygens (including phenoxy) is 1. The van der Waals surface area contributed by atoms with Gasteiger partial charge in [0, 0.05) is 27.3 Å². The molecule has 1 heterocycles. The van der Waals surface area contributed by atoms with Crippen molar-refractivity contribution in [3.05, 3.63) is 58.3 Å². The second-order valence-electron chi connectivity index (χ2n) is 5.25. The predicted molar refractivity (Wildman–Crippen MR) is 104 cm³/mol. The minimum atomic E-state index is -0.513. The molecule has 0 saturated carbocycles. The molecule has 0 unspecified atom stereocenters. The molecule has 6 heteroatoms. The van der Waals surface area contributed by atoms with E-state index in [1.807, 2.05) is 37.3 Å². The molecule has 0 atom stereocenters. The van der Waals surface area contributed by atoms with E-state index in [0.717, 1.165) is 17.1 Å². The minimum Gasteiger partial charge on any atom is -0.452 e. The summed E-state index contributed by atoms with van der Waals surface area (Å²) in [5.41, 5.74) is 0. The van der Waals surface area contributed by atoms with Crippen LogP contribution in [0.1, 0.15) is 16.2 Å². The van der Waals surface area contributed by atoms with E-state index < -0.39 is 5.97 Å². The molecule has 2 rings (SSSR count). The van der Waals surface area contributed by atoms with Crippen molar-refractivity contribution < 1.29 is 14.3 Å². The molecule has 1 amide bonds. The maximum Gasteiger partial charge on any atom is 0.331 e. The van der Waals surface area contributed by atoms with Crippen molar-refractivity contribution in [3.63, 3.8) is 0 Å². The number of aryl methyl sites for hydroxylation is 1. The molecule has 1 aromatic heterocycles. The summed E-state index contributed by atoms with van der Waals surface area (Å²) in [5, 5.41) is 2.75. The molecule has 0 fully saturated rings. The molecule has 0 saturated heterocycles. The Kier molecular flexibility index (Phi) is 8.28. The molecule has 0 spiro atoms. The van der Waals surface area contributed by atoms with Crippen LogP contribution < -0.4 is 5.32 Å². The maximum absolute atomic E-state index is 11.6. The van der Waals surface area contributed by atoms with Gasteiger partial charge >= 0.3 is 5.97 Å². The average molecular weight is 376 g/mol. The summed E-state index contributed by atoms with van der Waals surface area (Å²) in [6.07, 6.45) is 3.89. The zero-order chi connectivity index (χ0) is 17.9. The van der Waals surface area contributed by atoms with E-state index in [2.05, 4.69) is 17.4 Å². The van der Waals surface area contributed by atoms with E-state index in [0.29, 0.717) is 6.54 Å². The summed E-state index contributed by atoms with van der Waals surface area (Å²) in [6, 6.07) is 14.0. The van der Waals surface area contributed by atoms with Crippen molar-refractivity contribution in [3.8, 4) is 0 Å². The van der Waals surface area contributed by atoms with Gasteiger partial charge in [-0.15, -0.1) is 23.1 Å². The molecule has 1 aromatic carbocycles. The highest BCUT2D eigenvalue weighted by Crippen LogP contribution is 2.17. The Morgan fingerprint density at radius 3 is 2.72 bits per heavy atom. The number of benzene rings is 1. The molecule has 132 valence electrons. The topological polar surface area (TPSA) is 55.4 Å². The molecule has 0 radical (unpaired) electrons. The van der Waals surface area contributed by atoms with Crippen LogP contribution in [-0.4, -0.2) is 30.8 Å². The molecular weight excluding hydrogens is 354 g/mol. The van der Waals surface area contributed by atoms with E-state index >= 15 is 0 Å². The first-order valence-corrected chi connectivity index (χ1v) is 9.79. The lowest BCUT2D eigenvalue weighted by atomic mass is 10.4. The highest BCUT2D eigenvalue weighted by Gasteiger charge is 2.04. The summed E-state index contributed by atoms with van der Waals surface area (Å²) < 4.78 is 4.92. The van der Waals surface area contributed by atoms with Crippen molar-refractivity contribution in [2.45, 2.75) is 18.2 Å². The minimum absolute atomic E-state index is 0.252. The number of nitrogens with one attached hydrogen (secondary N) is 1. The van der Waals surface area contributed by atoms with Gasteiger partial charge in [0.05, 0.1) is 0 Å². The first kappa shape index (κ1) is 19.3. The van der Waals surface area contributed by atoms with Gasteiger partial charge in [0.25, 0.3) is 5.91 Å². The van der Waals surface area contributed by atoms with Crippen LogP contribution in [0.3, 0.4) is 0 Å². The fourth-order valence-corrected chi connectivity index (χ4v) is 3.59. The van der Waals surface area contributed by atoms with Gasteiger partial charge in [-0.25, -0.2) is 4.79 Å². The molecule has 0 aliphatic heterocycles. The van der Waals surface area contributed by atoms with Crippen LogP contribution in [0.15, 0.2) is 53.4 Å². The van der Waals surface area contributed by atoms with Gasteiger partial charge in [0.2, 0.25) is 0 Å². The molecule has 25 heavy (non-hydrogen) atoms. The van der Waals surface area contributed by atoms with Gasteiger partial charge in [-0.05, 0) is 49.4 Å². The highest BCUT2D eigenvalue weighted by atomic mass is 32.2. The molecule has 2 aromatic rings. The van der Waals surface area contributed by atoms with Gasteiger partial charge < -0.3 is 10.1 Å². The molecule has 0 bridgehead atoms.